The summed E-state index contributed by atoms with van der Waals surface area (Å²) in [6, 6.07) is 9.62. The molecule has 3 rings (SSSR count). The first-order valence-electron chi connectivity index (χ1n) is 8.51. The van der Waals surface area contributed by atoms with Crippen molar-refractivity contribution in [2.45, 2.75) is 19.3 Å². The van der Waals surface area contributed by atoms with Crippen molar-refractivity contribution >= 4 is 11.6 Å². The molecule has 0 aliphatic carbocycles. The molecule has 2 heterocycles. The molecule has 1 aromatic heterocycles. The van der Waals surface area contributed by atoms with Gasteiger partial charge in [0, 0.05) is 54.7 Å². The van der Waals surface area contributed by atoms with Gasteiger partial charge in [-0.2, -0.15) is 0 Å². The molecule has 0 unspecified atom stereocenters. The first kappa shape index (κ1) is 18.1. The zero-order valence-electron chi connectivity index (χ0n) is 14.5. The van der Waals surface area contributed by atoms with Gasteiger partial charge in [-0.25, -0.2) is 0 Å². The topological polar surface area (TPSA) is 46.6 Å². The molecule has 6 heteroatoms. The maximum absolute atomic E-state index is 6.16. The van der Waals surface area contributed by atoms with Crippen LogP contribution in [0.3, 0.4) is 0 Å². The molecule has 1 aromatic carbocycles. The lowest BCUT2D eigenvalue weighted by molar-refractivity contribution is -0.0182. The summed E-state index contributed by atoms with van der Waals surface area (Å²) < 4.78 is 11.7. The van der Waals surface area contributed by atoms with Gasteiger partial charge >= 0.3 is 0 Å². The van der Waals surface area contributed by atoms with Crippen molar-refractivity contribution in [3.8, 4) is 5.75 Å². The van der Waals surface area contributed by atoms with Crippen molar-refractivity contribution in [1.29, 1.82) is 0 Å². The second kappa shape index (κ2) is 9.15. The zero-order chi connectivity index (χ0) is 17.5. The minimum absolute atomic E-state index is 0.220. The third-order valence-corrected chi connectivity index (χ3v) is 4.40. The van der Waals surface area contributed by atoms with E-state index in [1.165, 1.54) is 0 Å². The SMILES string of the molecule is CN1CCO[C@@H](CNCc2cc(Cl)ccc2OCc2cccnc2)C1. The van der Waals surface area contributed by atoms with Crippen LogP contribution in [0.25, 0.3) is 0 Å². The molecule has 1 N–H and O–H groups in total. The lowest BCUT2D eigenvalue weighted by Crippen LogP contribution is -2.44. The second-order valence-corrected chi connectivity index (χ2v) is 6.72. The van der Waals surface area contributed by atoms with E-state index < -0.39 is 0 Å². The average Bonchev–Trinajstić information content (AvgIpc) is 2.62. The van der Waals surface area contributed by atoms with Crippen molar-refractivity contribution in [1.82, 2.24) is 15.2 Å². The molecule has 0 saturated carbocycles. The summed E-state index contributed by atoms with van der Waals surface area (Å²) in [5, 5.41) is 4.16. The maximum atomic E-state index is 6.16. The Morgan fingerprint density at radius 3 is 3.12 bits per heavy atom. The molecule has 1 fully saturated rings. The number of benzene rings is 1. The van der Waals surface area contributed by atoms with Gasteiger partial charge in [0.1, 0.15) is 12.4 Å². The van der Waals surface area contributed by atoms with Gasteiger partial charge in [-0.15, -0.1) is 0 Å². The molecule has 0 spiro atoms. The van der Waals surface area contributed by atoms with Crippen LogP contribution in [0.2, 0.25) is 5.02 Å². The number of nitrogens with zero attached hydrogens (tertiary/aromatic N) is 2. The van der Waals surface area contributed by atoms with Crippen LogP contribution in [0.1, 0.15) is 11.1 Å². The number of rotatable bonds is 7. The van der Waals surface area contributed by atoms with Crippen LogP contribution in [-0.4, -0.2) is 49.3 Å². The largest absolute Gasteiger partial charge is 0.489 e. The molecule has 134 valence electrons. The summed E-state index contributed by atoms with van der Waals surface area (Å²) in [5.41, 5.74) is 2.08. The third-order valence-electron chi connectivity index (χ3n) is 4.17. The maximum Gasteiger partial charge on any atom is 0.124 e. The number of likely N-dealkylation sites (N-methyl/N-ethyl adjacent to an activating group) is 1. The standard InChI is InChI=1S/C19H24ClN3O2/c1-23-7-8-24-18(13-23)12-22-11-16-9-17(20)4-5-19(16)25-14-15-3-2-6-21-10-15/h2-6,9-10,18,22H,7-8,11-14H2,1H3/t18-/m0/s1. The highest BCUT2D eigenvalue weighted by Gasteiger charge is 2.17. The molecule has 5 nitrogen and oxygen atoms in total. The first-order chi connectivity index (χ1) is 12.2. The van der Waals surface area contributed by atoms with E-state index in [0.717, 1.165) is 43.1 Å². The van der Waals surface area contributed by atoms with E-state index in [0.29, 0.717) is 18.2 Å². The van der Waals surface area contributed by atoms with Gasteiger partial charge in [0.05, 0.1) is 12.7 Å². The first-order valence-corrected chi connectivity index (χ1v) is 8.89. The Morgan fingerprint density at radius 2 is 2.32 bits per heavy atom. The van der Waals surface area contributed by atoms with Crippen LogP contribution >= 0.6 is 11.6 Å². The Labute approximate surface area is 153 Å². The zero-order valence-corrected chi connectivity index (χ0v) is 15.2. The number of morpholine rings is 1. The van der Waals surface area contributed by atoms with Gasteiger partial charge in [-0.05, 0) is 31.3 Å². The molecular weight excluding hydrogens is 338 g/mol. The van der Waals surface area contributed by atoms with Crippen molar-refractivity contribution in [3.05, 3.63) is 58.9 Å². The van der Waals surface area contributed by atoms with Gasteiger partial charge in [-0.3, -0.25) is 4.98 Å². The predicted octanol–water partition coefficient (Wildman–Crippen LogP) is 2.73. The fourth-order valence-corrected chi connectivity index (χ4v) is 3.02. The quantitative estimate of drug-likeness (QED) is 0.821. The van der Waals surface area contributed by atoms with Crippen LogP contribution in [0.15, 0.2) is 42.7 Å². The summed E-state index contributed by atoms with van der Waals surface area (Å²) in [5.74, 6) is 0.836. The van der Waals surface area contributed by atoms with E-state index in [2.05, 4.69) is 22.2 Å². The van der Waals surface area contributed by atoms with Crippen LogP contribution < -0.4 is 10.1 Å². The Morgan fingerprint density at radius 1 is 1.40 bits per heavy atom. The van der Waals surface area contributed by atoms with Gasteiger partial charge in [0.2, 0.25) is 0 Å². The Kier molecular flexibility index (Phi) is 6.64. The van der Waals surface area contributed by atoms with Crippen molar-refractivity contribution < 1.29 is 9.47 Å². The van der Waals surface area contributed by atoms with Crippen molar-refractivity contribution in [2.24, 2.45) is 0 Å². The van der Waals surface area contributed by atoms with Crippen LogP contribution in [0.4, 0.5) is 0 Å². The van der Waals surface area contributed by atoms with E-state index in [-0.39, 0.29) is 6.10 Å². The van der Waals surface area contributed by atoms with E-state index >= 15 is 0 Å². The summed E-state index contributed by atoms with van der Waals surface area (Å²) in [4.78, 5) is 6.40. The lowest BCUT2D eigenvalue weighted by Gasteiger charge is -2.30. The molecule has 0 bridgehead atoms. The highest BCUT2D eigenvalue weighted by Crippen LogP contribution is 2.24. The molecule has 25 heavy (non-hydrogen) atoms. The molecule has 1 aliphatic heterocycles. The van der Waals surface area contributed by atoms with E-state index in [4.69, 9.17) is 21.1 Å². The van der Waals surface area contributed by atoms with E-state index in [1.807, 2.05) is 36.5 Å². The van der Waals surface area contributed by atoms with Crippen LogP contribution in [0, 0.1) is 0 Å². The third kappa shape index (κ3) is 5.68. The number of aromatic nitrogens is 1. The second-order valence-electron chi connectivity index (χ2n) is 6.29. The summed E-state index contributed by atoms with van der Waals surface area (Å²) in [6.07, 6.45) is 3.79. The summed E-state index contributed by atoms with van der Waals surface area (Å²) in [7, 11) is 2.12. The van der Waals surface area contributed by atoms with Crippen molar-refractivity contribution in [3.63, 3.8) is 0 Å². The van der Waals surface area contributed by atoms with Crippen molar-refractivity contribution in [2.75, 3.05) is 33.3 Å². The number of nitrogens with one attached hydrogen (secondary N) is 1. The van der Waals surface area contributed by atoms with Gasteiger partial charge in [0.15, 0.2) is 0 Å². The van der Waals surface area contributed by atoms with Crippen LogP contribution in [-0.2, 0) is 17.9 Å². The number of pyridine rings is 1. The molecule has 2 aromatic rings. The van der Waals surface area contributed by atoms with Gasteiger partial charge in [0.25, 0.3) is 0 Å². The molecule has 1 atom stereocenters. The lowest BCUT2D eigenvalue weighted by atomic mass is 10.2. The molecule has 1 aliphatic rings. The number of halogens is 1. The van der Waals surface area contributed by atoms with E-state index in [1.54, 1.807) is 6.20 Å². The van der Waals surface area contributed by atoms with Gasteiger partial charge in [-0.1, -0.05) is 17.7 Å². The smallest absolute Gasteiger partial charge is 0.124 e. The van der Waals surface area contributed by atoms with Crippen LogP contribution in [0.5, 0.6) is 5.75 Å². The normalized spacial score (nSPS) is 18.2. The molecule has 0 amide bonds. The Hall–Kier alpha value is -1.66. The predicted molar refractivity (Wildman–Crippen MR) is 99.0 cm³/mol. The number of ether oxygens (including phenoxy) is 2. The number of hydrogen-bond donors (Lipinski definition) is 1. The highest BCUT2D eigenvalue weighted by atomic mass is 35.5. The minimum atomic E-state index is 0.220. The monoisotopic (exact) mass is 361 g/mol. The molecular formula is C19H24ClN3O2. The molecule has 0 radical (unpaired) electrons. The average molecular weight is 362 g/mol. The van der Waals surface area contributed by atoms with Gasteiger partial charge < -0.3 is 19.7 Å². The minimum Gasteiger partial charge on any atom is -0.489 e. The Balaban J connectivity index is 1.55. The fourth-order valence-electron chi connectivity index (χ4n) is 2.83. The fraction of sp³-hybridized carbons (Fsp3) is 0.421. The Bertz CT molecular complexity index is 669. The molecule has 1 saturated heterocycles. The number of hydrogen-bond acceptors (Lipinski definition) is 5. The van der Waals surface area contributed by atoms with E-state index in [9.17, 15) is 0 Å². The highest BCUT2D eigenvalue weighted by molar-refractivity contribution is 6.30. The summed E-state index contributed by atoms with van der Waals surface area (Å²) >= 11 is 6.16. The summed E-state index contributed by atoms with van der Waals surface area (Å²) in [6.45, 7) is 4.72.